The monoisotopic (exact) mass is 275 g/mol. The van der Waals surface area contributed by atoms with Crippen molar-refractivity contribution in [3.8, 4) is 0 Å². The van der Waals surface area contributed by atoms with Gasteiger partial charge in [0, 0.05) is 43.9 Å². The van der Waals surface area contributed by atoms with Crippen LogP contribution < -0.4 is 0 Å². The summed E-state index contributed by atoms with van der Waals surface area (Å²) < 4.78 is 14.8. The summed E-state index contributed by atoms with van der Waals surface area (Å²) in [4.78, 5) is 14.0. The number of Topliss-reactive ketones (excluding diaryl/α,β-unsaturated/α-hetero) is 1. The highest BCUT2D eigenvalue weighted by Gasteiger charge is 2.09. The molecule has 5 heteroatoms. The molecular weight excluding hydrogens is 257 g/mol. The molecule has 0 saturated heterocycles. The second-order valence-corrected chi connectivity index (χ2v) is 4.94. The molecule has 0 N–H and O–H groups in total. The van der Waals surface area contributed by atoms with E-state index in [1.165, 1.54) is 12.1 Å². The average molecular weight is 275 g/mol. The van der Waals surface area contributed by atoms with Crippen molar-refractivity contribution >= 4 is 5.78 Å². The van der Waals surface area contributed by atoms with Crippen LogP contribution >= 0.6 is 0 Å². The van der Waals surface area contributed by atoms with Gasteiger partial charge in [0.1, 0.15) is 5.82 Å². The number of benzene rings is 1. The van der Waals surface area contributed by atoms with E-state index in [0.717, 1.165) is 12.1 Å². The molecule has 0 aliphatic carbocycles. The minimum absolute atomic E-state index is 0.0393. The van der Waals surface area contributed by atoms with Crippen LogP contribution in [-0.4, -0.2) is 34.1 Å². The lowest BCUT2D eigenvalue weighted by atomic mass is 10.1. The van der Waals surface area contributed by atoms with Crippen molar-refractivity contribution in [2.45, 2.75) is 13.0 Å². The maximum atomic E-state index is 13.0. The first-order valence-corrected chi connectivity index (χ1v) is 6.49. The normalized spacial score (nSPS) is 11.0. The molecule has 0 spiro atoms. The van der Waals surface area contributed by atoms with Crippen LogP contribution in [0.2, 0.25) is 0 Å². The van der Waals surface area contributed by atoms with E-state index in [1.54, 1.807) is 16.8 Å². The molecule has 0 saturated carbocycles. The number of rotatable bonds is 6. The van der Waals surface area contributed by atoms with Crippen molar-refractivity contribution in [3.05, 3.63) is 53.6 Å². The Balaban J connectivity index is 1.84. The van der Waals surface area contributed by atoms with E-state index in [1.807, 2.05) is 31.4 Å². The van der Waals surface area contributed by atoms with Gasteiger partial charge in [0.05, 0.1) is 6.20 Å². The van der Waals surface area contributed by atoms with Gasteiger partial charge in [-0.3, -0.25) is 9.48 Å². The fourth-order valence-electron chi connectivity index (χ4n) is 2.04. The number of ketones is 1. The maximum absolute atomic E-state index is 13.0. The molecule has 0 unspecified atom stereocenters. The molecule has 0 aliphatic rings. The highest BCUT2D eigenvalue weighted by molar-refractivity contribution is 5.96. The van der Waals surface area contributed by atoms with E-state index in [4.69, 9.17) is 0 Å². The van der Waals surface area contributed by atoms with Crippen molar-refractivity contribution in [1.29, 1.82) is 0 Å². The Kier molecular flexibility index (Phi) is 4.63. The summed E-state index contributed by atoms with van der Waals surface area (Å²) in [6.07, 6.45) is 4.13. The van der Waals surface area contributed by atoms with Gasteiger partial charge >= 0.3 is 0 Å². The zero-order valence-electron chi connectivity index (χ0n) is 11.7. The molecule has 2 rings (SSSR count). The Morgan fingerprint density at radius 3 is 2.90 bits per heavy atom. The van der Waals surface area contributed by atoms with Gasteiger partial charge in [-0.1, -0.05) is 12.1 Å². The van der Waals surface area contributed by atoms with Crippen LogP contribution in [0, 0.1) is 5.82 Å². The lowest BCUT2D eigenvalue weighted by Gasteiger charge is -2.14. The van der Waals surface area contributed by atoms with Gasteiger partial charge in [-0.25, -0.2) is 4.39 Å². The predicted octanol–water partition coefficient (Wildman–Crippen LogP) is 2.26. The number of nitrogens with zero attached hydrogens (tertiary/aromatic N) is 3. The Hall–Kier alpha value is -2.01. The Labute approximate surface area is 117 Å². The van der Waals surface area contributed by atoms with Crippen LogP contribution in [0.1, 0.15) is 22.3 Å². The van der Waals surface area contributed by atoms with Gasteiger partial charge in [0.25, 0.3) is 0 Å². The highest BCUT2D eigenvalue weighted by atomic mass is 19.1. The lowest BCUT2D eigenvalue weighted by Crippen LogP contribution is -2.21. The van der Waals surface area contributed by atoms with Gasteiger partial charge in [0.2, 0.25) is 0 Å². The smallest absolute Gasteiger partial charge is 0.164 e. The number of carbonyl (C=O) groups excluding carboxylic acids is 1. The van der Waals surface area contributed by atoms with E-state index >= 15 is 0 Å². The van der Waals surface area contributed by atoms with Crippen molar-refractivity contribution < 1.29 is 9.18 Å². The SMILES string of the molecule is CN(CCC(=O)c1cccc(F)c1)Cc1cnn(C)c1. The topological polar surface area (TPSA) is 38.1 Å². The summed E-state index contributed by atoms with van der Waals surface area (Å²) in [5, 5.41) is 4.10. The summed E-state index contributed by atoms with van der Waals surface area (Å²) in [5.41, 5.74) is 1.54. The van der Waals surface area contributed by atoms with E-state index in [9.17, 15) is 9.18 Å². The zero-order valence-corrected chi connectivity index (χ0v) is 11.7. The van der Waals surface area contributed by atoms with E-state index in [-0.39, 0.29) is 11.6 Å². The Morgan fingerprint density at radius 1 is 1.45 bits per heavy atom. The van der Waals surface area contributed by atoms with Crippen LogP contribution in [0.5, 0.6) is 0 Å². The van der Waals surface area contributed by atoms with Crippen LogP contribution in [0.3, 0.4) is 0 Å². The molecule has 2 aromatic rings. The summed E-state index contributed by atoms with van der Waals surface area (Å²) in [5.74, 6) is -0.415. The molecule has 0 radical (unpaired) electrons. The van der Waals surface area contributed by atoms with Crippen LogP contribution in [-0.2, 0) is 13.6 Å². The number of hydrogen-bond donors (Lipinski definition) is 0. The summed E-state index contributed by atoms with van der Waals surface area (Å²) in [6, 6.07) is 5.82. The van der Waals surface area contributed by atoms with Gasteiger partial charge in [-0.2, -0.15) is 5.10 Å². The number of halogens is 1. The third-order valence-corrected chi connectivity index (χ3v) is 3.08. The van der Waals surface area contributed by atoms with Gasteiger partial charge in [0.15, 0.2) is 5.78 Å². The zero-order chi connectivity index (χ0) is 14.5. The molecule has 0 fully saturated rings. The summed E-state index contributed by atoms with van der Waals surface area (Å²) >= 11 is 0. The molecule has 1 aromatic heterocycles. The molecule has 4 nitrogen and oxygen atoms in total. The Morgan fingerprint density at radius 2 is 2.25 bits per heavy atom. The van der Waals surface area contributed by atoms with Crippen molar-refractivity contribution in [2.75, 3.05) is 13.6 Å². The number of aryl methyl sites for hydroxylation is 1. The van der Waals surface area contributed by atoms with Crippen LogP contribution in [0.4, 0.5) is 4.39 Å². The van der Waals surface area contributed by atoms with E-state index in [2.05, 4.69) is 5.10 Å². The molecule has 20 heavy (non-hydrogen) atoms. The first-order chi connectivity index (χ1) is 9.54. The van der Waals surface area contributed by atoms with Crippen molar-refractivity contribution in [2.24, 2.45) is 7.05 Å². The maximum Gasteiger partial charge on any atom is 0.164 e. The first kappa shape index (κ1) is 14.4. The molecule has 1 aromatic carbocycles. The fraction of sp³-hybridized carbons (Fsp3) is 0.333. The standard InChI is InChI=1S/C15H18FN3O/c1-18(10-12-9-17-19(2)11-12)7-6-15(20)13-4-3-5-14(16)8-13/h3-5,8-9,11H,6-7,10H2,1-2H3. The first-order valence-electron chi connectivity index (χ1n) is 6.49. The largest absolute Gasteiger partial charge is 0.302 e. The second kappa shape index (κ2) is 6.43. The van der Waals surface area contributed by atoms with E-state index in [0.29, 0.717) is 18.5 Å². The quantitative estimate of drug-likeness (QED) is 0.759. The van der Waals surface area contributed by atoms with Gasteiger partial charge < -0.3 is 4.90 Å². The molecule has 0 atom stereocenters. The molecular formula is C15H18FN3O. The van der Waals surface area contributed by atoms with Crippen LogP contribution in [0.15, 0.2) is 36.7 Å². The number of aromatic nitrogens is 2. The minimum atomic E-state index is -0.375. The molecule has 106 valence electrons. The minimum Gasteiger partial charge on any atom is -0.302 e. The Bertz CT molecular complexity index is 594. The number of carbonyl (C=O) groups is 1. The molecule has 0 bridgehead atoms. The van der Waals surface area contributed by atoms with Gasteiger partial charge in [-0.15, -0.1) is 0 Å². The average Bonchev–Trinajstić information content (AvgIpc) is 2.81. The van der Waals surface area contributed by atoms with E-state index < -0.39 is 0 Å². The lowest BCUT2D eigenvalue weighted by molar-refractivity contribution is 0.0967. The molecule has 1 heterocycles. The van der Waals surface area contributed by atoms with Crippen LogP contribution in [0.25, 0.3) is 0 Å². The summed E-state index contributed by atoms with van der Waals surface area (Å²) in [7, 11) is 3.82. The van der Waals surface area contributed by atoms with Crippen molar-refractivity contribution in [1.82, 2.24) is 14.7 Å². The number of hydrogen-bond acceptors (Lipinski definition) is 3. The third-order valence-electron chi connectivity index (χ3n) is 3.08. The summed E-state index contributed by atoms with van der Waals surface area (Å²) in [6.45, 7) is 1.37. The van der Waals surface area contributed by atoms with Gasteiger partial charge in [-0.05, 0) is 19.2 Å². The third kappa shape index (κ3) is 3.99. The molecule has 0 amide bonds. The highest BCUT2D eigenvalue weighted by Crippen LogP contribution is 2.08. The fourth-order valence-corrected chi connectivity index (χ4v) is 2.04. The molecule has 0 aliphatic heterocycles. The predicted molar refractivity (Wildman–Crippen MR) is 74.9 cm³/mol. The second-order valence-electron chi connectivity index (χ2n) is 4.94. The van der Waals surface area contributed by atoms with Crippen molar-refractivity contribution in [3.63, 3.8) is 0 Å².